The Labute approximate surface area is 96.1 Å². The molecule has 2 fully saturated rings. The van der Waals surface area contributed by atoms with Crippen LogP contribution in [0.25, 0.3) is 0 Å². The molecule has 0 amide bonds. The molecule has 1 saturated heterocycles. The molecule has 1 spiro atoms. The van der Waals surface area contributed by atoms with E-state index in [1.54, 1.807) is 6.07 Å². The minimum Gasteiger partial charge on any atom is -0.316 e. The van der Waals surface area contributed by atoms with Crippen molar-refractivity contribution in [3.63, 3.8) is 0 Å². The fourth-order valence-electron chi connectivity index (χ4n) is 3.16. The van der Waals surface area contributed by atoms with Crippen LogP contribution in [-0.4, -0.2) is 13.1 Å². The van der Waals surface area contributed by atoms with Gasteiger partial charge in [0.1, 0.15) is 5.82 Å². The predicted molar refractivity (Wildman–Crippen MR) is 62.9 cm³/mol. The second kappa shape index (κ2) is 3.85. The third-order valence-electron chi connectivity index (χ3n) is 4.37. The van der Waals surface area contributed by atoms with E-state index < -0.39 is 0 Å². The largest absolute Gasteiger partial charge is 0.316 e. The van der Waals surface area contributed by atoms with Crippen LogP contribution in [0, 0.1) is 11.2 Å². The summed E-state index contributed by atoms with van der Waals surface area (Å²) in [5, 5.41) is 3.38. The van der Waals surface area contributed by atoms with Crippen molar-refractivity contribution in [2.75, 3.05) is 13.1 Å². The number of hydrogen-bond donors (Lipinski definition) is 1. The highest BCUT2D eigenvalue weighted by Crippen LogP contribution is 2.45. The van der Waals surface area contributed by atoms with Crippen molar-refractivity contribution in [1.82, 2.24) is 5.32 Å². The molecular formula is C14H18FN. The van der Waals surface area contributed by atoms with E-state index in [2.05, 4.69) is 11.4 Å². The number of nitrogens with one attached hydrogen (secondary N) is 1. The molecule has 2 heteroatoms. The summed E-state index contributed by atoms with van der Waals surface area (Å²) in [6, 6.07) is 7.15. The highest BCUT2D eigenvalue weighted by Gasteiger charge is 2.40. The van der Waals surface area contributed by atoms with Gasteiger partial charge in [-0.2, -0.15) is 0 Å². The highest BCUT2D eigenvalue weighted by atomic mass is 19.1. The van der Waals surface area contributed by atoms with Crippen LogP contribution in [-0.2, 0) is 0 Å². The van der Waals surface area contributed by atoms with E-state index in [0.717, 1.165) is 0 Å². The van der Waals surface area contributed by atoms with E-state index >= 15 is 0 Å². The first kappa shape index (κ1) is 10.3. The molecule has 1 aromatic rings. The smallest absolute Gasteiger partial charge is 0.123 e. The molecule has 1 aliphatic heterocycles. The van der Waals surface area contributed by atoms with Crippen LogP contribution in [0.4, 0.5) is 4.39 Å². The van der Waals surface area contributed by atoms with Crippen LogP contribution in [0.1, 0.15) is 37.2 Å². The van der Waals surface area contributed by atoms with Gasteiger partial charge in [-0.1, -0.05) is 12.1 Å². The Kier molecular flexibility index (Phi) is 2.47. The monoisotopic (exact) mass is 219 g/mol. The molecule has 1 heterocycles. The lowest BCUT2D eigenvalue weighted by Crippen LogP contribution is -2.54. The molecule has 86 valence electrons. The third-order valence-corrected chi connectivity index (χ3v) is 4.37. The molecule has 16 heavy (non-hydrogen) atoms. The van der Waals surface area contributed by atoms with Crippen molar-refractivity contribution in [1.29, 1.82) is 0 Å². The van der Waals surface area contributed by atoms with Crippen LogP contribution in [0.5, 0.6) is 0 Å². The van der Waals surface area contributed by atoms with Gasteiger partial charge in [-0.15, -0.1) is 0 Å². The number of rotatable bonds is 1. The molecule has 0 bridgehead atoms. The van der Waals surface area contributed by atoms with E-state index in [-0.39, 0.29) is 5.82 Å². The Bertz CT molecular complexity index is 374. The standard InChI is InChI=1S/C14H18FN/c15-13-3-1-2-12(8-13)11-4-6-14(7-5-11)9-16-10-14/h1-3,8,11,16H,4-7,9-10H2. The van der Waals surface area contributed by atoms with E-state index in [4.69, 9.17) is 0 Å². The van der Waals surface area contributed by atoms with Gasteiger partial charge in [0.15, 0.2) is 0 Å². The second-order valence-electron chi connectivity index (χ2n) is 5.43. The first-order valence-electron chi connectivity index (χ1n) is 6.24. The third kappa shape index (κ3) is 1.75. The van der Waals surface area contributed by atoms with Gasteiger partial charge in [0, 0.05) is 13.1 Å². The van der Waals surface area contributed by atoms with Crippen LogP contribution in [0.15, 0.2) is 24.3 Å². The van der Waals surface area contributed by atoms with Gasteiger partial charge >= 0.3 is 0 Å². The van der Waals surface area contributed by atoms with E-state index in [9.17, 15) is 4.39 Å². The lowest BCUT2D eigenvalue weighted by atomic mass is 9.66. The molecule has 1 aromatic carbocycles. The van der Waals surface area contributed by atoms with E-state index in [1.165, 1.54) is 50.4 Å². The van der Waals surface area contributed by atoms with E-state index in [0.29, 0.717) is 11.3 Å². The molecule has 0 radical (unpaired) electrons. The number of benzene rings is 1. The molecule has 1 N–H and O–H groups in total. The summed E-state index contributed by atoms with van der Waals surface area (Å²) in [5.41, 5.74) is 1.80. The Hall–Kier alpha value is -0.890. The Morgan fingerprint density at radius 3 is 2.50 bits per heavy atom. The minimum absolute atomic E-state index is 0.0944. The van der Waals surface area contributed by atoms with Crippen molar-refractivity contribution in [3.05, 3.63) is 35.6 Å². The average molecular weight is 219 g/mol. The van der Waals surface area contributed by atoms with Crippen molar-refractivity contribution < 1.29 is 4.39 Å². The fourth-order valence-corrected chi connectivity index (χ4v) is 3.16. The lowest BCUT2D eigenvalue weighted by Gasteiger charge is -2.47. The van der Waals surface area contributed by atoms with Crippen LogP contribution in [0.2, 0.25) is 0 Å². The Morgan fingerprint density at radius 2 is 1.94 bits per heavy atom. The summed E-state index contributed by atoms with van der Waals surface area (Å²) in [6.45, 7) is 2.39. The zero-order chi connectivity index (χ0) is 11.0. The zero-order valence-corrected chi connectivity index (χ0v) is 9.51. The molecule has 1 aliphatic carbocycles. The molecule has 0 aromatic heterocycles. The molecule has 1 saturated carbocycles. The van der Waals surface area contributed by atoms with Gasteiger partial charge in [-0.05, 0) is 54.7 Å². The summed E-state index contributed by atoms with van der Waals surface area (Å²) < 4.78 is 13.1. The number of hydrogen-bond acceptors (Lipinski definition) is 1. The minimum atomic E-state index is -0.0944. The van der Waals surface area contributed by atoms with Crippen LogP contribution in [0.3, 0.4) is 0 Å². The maximum absolute atomic E-state index is 13.1. The maximum atomic E-state index is 13.1. The Balaban J connectivity index is 1.69. The predicted octanol–water partition coefficient (Wildman–Crippen LogP) is 3.07. The summed E-state index contributed by atoms with van der Waals surface area (Å²) in [7, 11) is 0. The summed E-state index contributed by atoms with van der Waals surface area (Å²) in [5.74, 6) is 0.491. The van der Waals surface area contributed by atoms with Gasteiger partial charge in [0.2, 0.25) is 0 Å². The van der Waals surface area contributed by atoms with Crippen LogP contribution < -0.4 is 5.32 Å². The summed E-state index contributed by atoms with van der Waals surface area (Å²) >= 11 is 0. The molecule has 3 rings (SSSR count). The quantitative estimate of drug-likeness (QED) is 0.765. The molecule has 1 nitrogen and oxygen atoms in total. The van der Waals surface area contributed by atoms with Crippen LogP contribution >= 0.6 is 0 Å². The van der Waals surface area contributed by atoms with Crippen molar-refractivity contribution >= 4 is 0 Å². The molecular weight excluding hydrogens is 201 g/mol. The zero-order valence-electron chi connectivity index (χ0n) is 9.51. The fraction of sp³-hybridized carbons (Fsp3) is 0.571. The second-order valence-corrected chi connectivity index (χ2v) is 5.43. The van der Waals surface area contributed by atoms with Crippen molar-refractivity contribution in [3.8, 4) is 0 Å². The van der Waals surface area contributed by atoms with Crippen molar-refractivity contribution in [2.24, 2.45) is 5.41 Å². The lowest BCUT2D eigenvalue weighted by molar-refractivity contribution is 0.0974. The molecule has 0 unspecified atom stereocenters. The van der Waals surface area contributed by atoms with Gasteiger partial charge < -0.3 is 5.32 Å². The summed E-state index contributed by atoms with van der Waals surface area (Å²) in [6.07, 6.45) is 5.07. The number of halogens is 1. The highest BCUT2D eigenvalue weighted by molar-refractivity contribution is 5.21. The topological polar surface area (TPSA) is 12.0 Å². The van der Waals surface area contributed by atoms with Gasteiger partial charge in [-0.3, -0.25) is 0 Å². The maximum Gasteiger partial charge on any atom is 0.123 e. The van der Waals surface area contributed by atoms with Gasteiger partial charge in [0.05, 0.1) is 0 Å². The summed E-state index contributed by atoms with van der Waals surface area (Å²) in [4.78, 5) is 0. The normalized spacial score (nSPS) is 24.3. The first-order valence-corrected chi connectivity index (χ1v) is 6.24. The Morgan fingerprint density at radius 1 is 1.19 bits per heavy atom. The van der Waals surface area contributed by atoms with Gasteiger partial charge in [0.25, 0.3) is 0 Å². The van der Waals surface area contributed by atoms with Crippen molar-refractivity contribution in [2.45, 2.75) is 31.6 Å². The molecule has 0 atom stereocenters. The SMILES string of the molecule is Fc1cccc(C2CCC3(CC2)CNC3)c1. The van der Waals surface area contributed by atoms with E-state index in [1.807, 2.05) is 6.07 Å². The first-order chi connectivity index (χ1) is 7.77. The molecule has 2 aliphatic rings. The van der Waals surface area contributed by atoms with Gasteiger partial charge in [-0.25, -0.2) is 4.39 Å². The average Bonchev–Trinajstić information content (AvgIpc) is 2.27.